The van der Waals surface area contributed by atoms with Crippen LogP contribution >= 0.6 is 11.8 Å². The lowest BCUT2D eigenvalue weighted by Gasteiger charge is -2.21. The van der Waals surface area contributed by atoms with E-state index in [0.717, 1.165) is 5.75 Å². The predicted octanol–water partition coefficient (Wildman–Crippen LogP) is 5.11. The summed E-state index contributed by atoms with van der Waals surface area (Å²) in [4.78, 5) is 25.4. The second kappa shape index (κ2) is 13.5. The third kappa shape index (κ3) is 7.71. The van der Waals surface area contributed by atoms with Crippen molar-refractivity contribution in [2.75, 3.05) is 17.7 Å². The van der Waals surface area contributed by atoms with Crippen molar-refractivity contribution in [2.24, 2.45) is 5.92 Å². The molecule has 0 saturated carbocycles. The summed E-state index contributed by atoms with van der Waals surface area (Å²) in [6, 6.07) is 16.0. The zero-order valence-corrected chi connectivity index (χ0v) is 21.8. The van der Waals surface area contributed by atoms with Gasteiger partial charge in [0.1, 0.15) is 5.75 Å². The van der Waals surface area contributed by atoms with E-state index in [2.05, 4.69) is 41.3 Å². The van der Waals surface area contributed by atoms with Crippen molar-refractivity contribution in [1.29, 1.82) is 0 Å². The average molecular weight is 508 g/mol. The Morgan fingerprint density at radius 3 is 2.47 bits per heavy atom. The van der Waals surface area contributed by atoms with Gasteiger partial charge >= 0.3 is 0 Å². The Morgan fingerprint density at radius 1 is 1.11 bits per heavy atom. The summed E-state index contributed by atoms with van der Waals surface area (Å²) in [6.07, 6.45) is 2.44. The van der Waals surface area contributed by atoms with Crippen molar-refractivity contribution in [1.82, 2.24) is 20.1 Å². The second-order valence-corrected chi connectivity index (χ2v) is 9.50. The van der Waals surface area contributed by atoms with E-state index in [1.54, 1.807) is 30.3 Å². The molecule has 2 N–H and O–H groups in total. The standard InChI is InChI=1S/C27H33N5O3S/c1-5-16-32-25(23(17-19(3)4)29-26(34)20-10-8-7-9-11-20)30-31-27(32)36-18-24(33)28-21-12-14-22(15-13-21)35-6-2/h5,7-15,19,23H,1,6,16-18H2,2-4H3,(H,28,33)(H,29,34). The number of anilines is 1. The minimum absolute atomic E-state index is 0.157. The van der Waals surface area contributed by atoms with Crippen LogP contribution in [-0.2, 0) is 11.3 Å². The van der Waals surface area contributed by atoms with E-state index in [0.29, 0.717) is 47.7 Å². The third-order valence-corrected chi connectivity index (χ3v) is 6.17. The molecule has 2 amide bonds. The summed E-state index contributed by atoms with van der Waals surface area (Å²) in [7, 11) is 0. The highest BCUT2D eigenvalue weighted by Gasteiger charge is 2.24. The number of allylic oxidation sites excluding steroid dienone is 1. The van der Waals surface area contributed by atoms with Crippen LogP contribution in [0, 0.1) is 5.92 Å². The highest BCUT2D eigenvalue weighted by molar-refractivity contribution is 7.99. The van der Waals surface area contributed by atoms with Crippen molar-refractivity contribution >= 4 is 29.3 Å². The zero-order chi connectivity index (χ0) is 25.9. The van der Waals surface area contributed by atoms with Crippen molar-refractivity contribution in [3.05, 3.63) is 78.6 Å². The number of hydrogen-bond donors (Lipinski definition) is 2. The number of aromatic nitrogens is 3. The van der Waals surface area contributed by atoms with Gasteiger partial charge in [0.05, 0.1) is 18.4 Å². The fourth-order valence-corrected chi connectivity index (χ4v) is 4.38. The Labute approximate surface area is 216 Å². The van der Waals surface area contributed by atoms with Gasteiger partial charge in [-0.2, -0.15) is 0 Å². The SMILES string of the molecule is C=CCn1c(SCC(=O)Nc2ccc(OCC)cc2)nnc1C(CC(C)C)NC(=O)c1ccccc1. The number of thioether (sulfide) groups is 1. The van der Waals surface area contributed by atoms with Gasteiger partial charge in [0.15, 0.2) is 11.0 Å². The summed E-state index contributed by atoms with van der Waals surface area (Å²) in [5.74, 6) is 1.55. The second-order valence-electron chi connectivity index (χ2n) is 8.56. The molecule has 1 atom stereocenters. The molecule has 3 rings (SSSR count). The zero-order valence-electron chi connectivity index (χ0n) is 20.9. The summed E-state index contributed by atoms with van der Waals surface area (Å²) >= 11 is 1.29. The first kappa shape index (κ1) is 27.0. The number of nitrogens with zero attached hydrogens (tertiary/aromatic N) is 3. The maximum absolute atomic E-state index is 12.9. The number of amides is 2. The Kier molecular flexibility index (Phi) is 10.1. The molecule has 0 spiro atoms. The lowest BCUT2D eigenvalue weighted by atomic mass is 10.0. The van der Waals surface area contributed by atoms with Crippen LogP contribution in [0.2, 0.25) is 0 Å². The van der Waals surface area contributed by atoms with Crippen LogP contribution in [0.3, 0.4) is 0 Å². The topological polar surface area (TPSA) is 98.1 Å². The van der Waals surface area contributed by atoms with E-state index >= 15 is 0 Å². The molecule has 8 nitrogen and oxygen atoms in total. The molecule has 3 aromatic rings. The first-order valence-corrected chi connectivity index (χ1v) is 12.9. The van der Waals surface area contributed by atoms with Crippen LogP contribution in [0.4, 0.5) is 5.69 Å². The Balaban J connectivity index is 1.71. The largest absolute Gasteiger partial charge is 0.494 e. The number of hydrogen-bond acceptors (Lipinski definition) is 6. The molecule has 9 heteroatoms. The van der Waals surface area contributed by atoms with Crippen molar-refractivity contribution in [3.63, 3.8) is 0 Å². The fraction of sp³-hybridized carbons (Fsp3) is 0.333. The minimum Gasteiger partial charge on any atom is -0.494 e. The van der Waals surface area contributed by atoms with Gasteiger partial charge in [-0.3, -0.25) is 9.59 Å². The predicted molar refractivity (Wildman–Crippen MR) is 143 cm³/mol. The number of carbonyl (C=O) groups excluding carboxylic acids is 2. The maximum atomic E-state index is 12.9. The molecule has 0 saturated heterocycles. The lowest BCUT2D eigenvalue weighted by molar-refractivity contribution is -0.113. The Hall–Kier alpha value is -3.59. The molecule has 1 unspecified atom stereocenters. The number of ether oxygens (including phenoxy) is 1. The molecule has 36 heavy (non-hydrogen) atoms. The van der Waals surface area contributed by atoms with Gasteiger partial charge < -0.3 is 19.9 Å². The van der Waals surface area contributed by atoms with Gasteiger partial charge in [0.25, 0.3) is 5.91 Å². The molecule has 0 aliphatic carbocycles. The first-order valence-electron chi connectivity index (χ1n) is 12.0. The quantitative estimate of drug-likeness (QED) is 0.246. The molecule has 2 aromatic carbocycles. The number of nitrogens with one attached hydrogen (secondary N) is 2. The van der Waals surface area contributed by atoms with Crippen LogP contribution < -0.4 is 15.4 Å². The molecule has 0 aliphatic heterocycles. The molecule has 0 bridgehead atoms. The van der Waals surface area contributed by atoms with Crippen LogP contribution in [0.5, 0.6) is 5.75 Å². The molecular formula is C27H33N5O3S. The normalized spacial score (nSPS) is 11.7. The van der Waals surface area contributed by atoms with E-state index in [1.165, 1.54) is 11.8 Å². The number of carbonyl (C=O) groups is 2. The van der Waals surface area contributed by atoms with Crippen LogP contribution in [-0.4, -0.2) is 38.9 Å². The summed E-state index contributed by atoms with van der Waals surface area (Å²) < 4.78 is 7.34. The third-order valence-electron chi connectivity index (χ3n) is 5.20. The van der Waals surface area contributed by atoms with Gasteiger partial charge in [0.2, 0.25) is 5.91 Å². The summed E-state index contributed by atoms with van der Waals surface area (Å²) in [5.41, 5.74) is 1.28. The molecule has 0 radical (unpaired) electrons. The van der Waals surface area contributed by atoms with E-state index in [1.807, 2.05) is 41.8 Å². The van der Waals surface area contributed by atoms with E-state index in [9.17, 15) is 9.59 Å². The Bertz CT molecular complexity index is 1150. The Morgan fingerprint density at radius 2 is 1.83 bits per heavy atom. The number of benzene rings is 2. The van der Waals surface area contributed by atoms with Gasteiger partial charge in [-0.25, -0.2) is 0 Å². The van der Waals surface area contributed by atoms with E-state index < -0.39 is 0 Å². The smallest absolute Gasteiger partial charge is 0.251 e. The van der Waals surface area contributed by atoms with Gasteiger partial charge in [-0.05, 0) is 55.7 Å². The first-order chi connectivity index (χ1) is 17.4. The van der Waals surface area contributed by atoms with Crippen LogP contribution in [0.25, 0.3) is 0 Å². The minimum atomic E-state index is -0.336. The maximum Gasteiger partial charge on any atom is 0.251 e. The molecule has 190 valence electrons. The molecule has 0 aliphatic rings. The highest BCUT2D eigenvalue weighted by Crippen LogP contribution is 2.26. The molecular weight excluding hydrogens is 474 g/mol. The lowest BCUT2D eigenvalue weighted by Crippen LogP contribution is -2.31. The van der Waals surface area contributed by atoms with Crippen LogP contribution in [0.15, 0.2) is 72.4 Å². The van der Waals surface area contributed by atoms with Crippen molar-refractivity contribution in [2.45, 2.75) is 44.9 Å². The van der Waals surface area contributed by atoms with Crippen molar-refractivity contribution < 1.29 is 14.3 Å². The van der Waals surface area contributed by atoms with Gasteiger partial charge in [-0.15, -0.1) is 16.8 Å². The van der Waals surface area contributed by atoms with Gasteiger partial charge in [-0.1, -0.05) is 49.9 Å². The summed E-state index contributed by atoms with van der Waals surface area (Å²) in [5, 5.41) is 15.3. The monoisotopic (exact) mass is 507 g/mol. The molecule has 1 heterocycles. The fourth-order valence-electron chi connectivity index (χ4n) is 3.62. The highest BCUT2D eigenvalue weighted by atomic mass is 32.2. The van der Waals surface area contributed by atoms with Crippen LogP contribution in [0.1, 0.15) is 49.4 Å². The molecule has 0 fully saturated rings. The number of rotatable bonds is 13. The van der Waals surface area contributed by atoms with E-state index in [4.69, 9.17) is 4.74 Å². The van der Waals surface area contributed by atoms with Gasteiger partial charge in [0, 0.05) is 17.8 Å². The van der Waals surface area contributed by atoms with E-state index in [-0.39, 0.29) is 23.6 Å². The summed E-state index contributed by atoms with van der Waals surface area (Å²) in [6.45, 7) is 11.0. The molecule has 1 aromatic heterocycles. The van der Waals surface area contributed by atoms with Crippen molar-refractivity contribution in [3.8, 4) is 5.75 Å². The average Bonchev–Trinajstić information content (AvgIpc) is 3.26.